The van der Waals surface area contributed by atoms with Crippen LogP contribution >= 0.6 is 0 Å². The normalized spacial score (nSPS) is 16.6. The first-order valence-corrected chi connectivity index (χ1v) is 9.27. The van der Waals surface area contributed by atoms with Crippen molar-refractivity contribution >= 4 is 17.4 Å². The van der Waals surface area contributed by atoms with Gasteiger partial charge in [-0.3, -0.25) is 0 Å². The molecule has 27 heavy (non-hydrogen) atoms. The largest absolute Gasteiger partial charge is 0.368 e. The van der Waals surface area contributed by atoms with E-state index in [1.807, 2.05) is 17.7 Å². The molecule has 0 bridgehead atoms. The van der Waals surface area contributed by atoms with E-state index in [0.29, 0.717) is 17.9 Å². The van der Waals surface area contributed by atoms with Crippen LogP contribution in [0, 0.1) is 5.82 Å². The standard InChI is InChI=1S/C19H27FN6O/c1-15(13-25-9-6-21-14-25)22-19(27)23-16-4-5-18(17(20)12-16)26-8-3-7-24(2)10-11-26/h4-6,9,12,14-15H,3,7-8,10-11,13H2,1-2H3,(H2,22,23,27)/t15-/m0/s1. The minimum Gasteiger partial charge on any atom is -0.368 e. The van der Waals surface area contributed by atoms with Gasteiger partial charge >= 0.3 is 6.03 Å². The van der Waals surface area contributed by atoms with Gasteiger partial charge in [0.25, 0.3) is 0 Å². The number of urea groups is 1. The van der Waals surface area contributed by atoms with E-state index in [4.69, 9.17) is 0 Å². The van der Waals surface area contributed by atoms with Gasteiger partial charge in [0.1, 0.15) is 5.82 Å². The van der Waals surface area contributed by atoms with Crippen molar-refractivity contribution in [3.63, 3.8) is 0 Å². The molecule has 0 aliphatic carbocycles. The Morgan fingerprint density at radius 3 is 2.89 bits per heavy atom. The summed E-state index contributed by atoms with van der Waals surface area (Å²) in [5.41, 5.74) is 1.03. The topological polar surface area (TPSA) is 65.4 Å². The zero-order valence-corrected chi connectivity index (χ0v) is 15.9. The fourth-order valence-electron chi connectivity index (χ4n) is 3.28. The van der Waals surface area contributed by atoms with Crippen LogP contribution in [0.2, 0.25) is 0 Å². The van der Waals surface area contributed by atoms with E-state index >= 15 is 0 Å². The molecule has 2 amide bonds. The maximum absolute atomic E-state index is 14.6. The number of aromatic nitrogens is 2. The zero-order valence-electron chi connectivity index (χ0n) is 15.9. The number of rotatable bonds is 5. The number of halogens is 1. The molecule has 1 aromatic carbocycles. The predicted octanol–water partition coefficient (Wildman–Crippen LogP) is 2.37. The zero-order chi connectivity index (χ0) is 19.2. The third-order valence-electron chi connectivity index (χ3n) is 4.69. The molecule has 2 heterocycles. The quantitative estimate of drug-likeness (QED) is 0.843. The highest BCUT2D eigenvalue weighted by atomic mass is 19.1. The smallest absolute Gasteiger partial charge is 0.319 e. The molecule has 1 aliphatic heterocycles. The maximum atomic E-state index is 14.6. The number of carbonyl (C=O) groups excluding carboxylic acids is 1. The molecule has 2 aromatic rings. The van der Waals surface area contributed by atoms with Gasteiger partial charge in [0.2, 0.25) is 0 Å². The van der Waals surface area contributed by atoms with Crippen LogP contribution in [-0.4, -0.2) is 59.8 Å². The third kappa shape index (κ3) is 5.43. The van der Waals surface area contributed by atoms with E-state index < -0.39 is 0 Å². The second-order valence-electron chi connectivity index (χ2n) is 7.07. The van der Waals surface area contributed by atoms with Crippen molar-refractivity contribution in [2.75, 3.05) is 43.4 Å². The molecule has 1 atom stereocenters. The summed E-state index contributed by atoms with van der Waals surface area (Å²) in [5.74, 6) is -0.316. The van der Waals surface area contributed by atoms with Crippen LogP contribution in [-0.2, 0) is 6.54 Å². The first kappa shape index (κ1) is 19.2. The summed E-state index contributed by atoms with van der Waals surface area (Å²) in [5, 5.41) is 5.54. The monoisotopic (exact) mass is 374 g/mol. The summed E-state index contributed by atoms with van der Waals surface area (Å²) >= 11 is 0. The van der Waals surface area contributed by atoms with Crippen molar-refractivity contribution in [1.29, 1.82) is 0 Å². The van der Waals surface area contributed by atoms with E-state index in [0.717, 1.165) is 32.6 Å². The number of hydrogen-bond donors (Lipinski definition) is 2. The van der Waals surface area contributed by atoms with E-state index in [9.17, 15) is 9.18 Å². The van der Waals surface area contributed by atoms with E-state index in [1.54, 1.807) is 24.7 Å². The Kier molecular flexibility index (Phi) is 6.28. The van der Waals surface area contributed by atoms with Crippen molar-refractivity contribution in [2.45, 2.75) is 25.9 Å². The second kappa shape index (κ2) is 8.85. The molecule has 0 saturated carbocycles. The molecule has 2 N–H and O–H groups in total. The van der Waals surface area contributed by atoms with Crippen LogP contribution in [0.15, 0.2) is 36.9 Å². The number of nitrogens with zero attached hydrogens (tertiary/aromatic N) is 4. The van der Waals surface area contributed by atoms with E-state index in [1.165, 1.54) is 6.07 Å². The SMILES string of the molecule is C[C@@H](Cn1ccnc1)NC(=O)Nc1ccc(N2CCCN(C)CC2)c(F)c1. The van der Waals surface area contributed by atoms with Gasteiger partial charge in [-0.1, -0.05) is 0 Å². The lowest BCUT2D eigenvalue weighted by Gasteiger charge is -2.23. The Morgan fingerprint density at radius 1 is 1.30 bits per heavy atom. The predicted molar refractivity (Wildman–Crippen MR) is 105 cm³/mol. The molecular formula is C19H27FN6O. The lowest BCUT2D eigenvalue weighted by Crippen LogP contribution is -2.38. The summed E-state index contributed by atoms with van der Waals surface area (Å²) < 4.78 is 16.5. The number of amides is 2. The number of likely N-dealkylation sites (N-methyl/N-ethyl adjacent to an activating group) is 1. The highest BCUT2D eigenvalue weighted by Crippen LogP contribution is 2.24. The van der Waals surface area contributed by atoms with Crippen molar-refractivity contribution in [1.82, 2.24) is 19.8 Å². The molecular weight excluding hydrogens is 347 g/mol. The van der Waals surface area contributed by atoms with Crippen LogP contribution in [0.3, 0.4) is 0 Å². The molecule has 8 heteroatoms. The fourth-order valence-corrected chi connectivity index (χ4v) is 3.28. The molecule has 0 radical (unpaired) electrons. The van der Waals surface area contributed by atoms with Gasteiger partial charge in [-0.2, -0.15) is 0 Å². The first-order chi connectivity index (χ1) is 13.0. The summed E-state index contributed by atoms with van der Waals surface area (Å²) in [6.07, 6.45) is 6.24. The Bertz CT molecular complexity index is 751. The summed E-state index contributed by atoms with van der Waals surface area (Å²) in [6, 6.07) is 4.42. The van der Waals surface area contributed by atoms with Gasteiger partial charge in [-0.05, 0) is 45.1 Å². The Balaban J connectivity index is 1.56. The lowest BCUT2D eigenvalue weighted by molar-refractivity contribution is 0.248. The maximum Gasteiger partial charge on any atom is 0.319 e. The van der Waals surface area contributed by atoms with Gasteiger partial charge in [0.15, 0.2) is 0 Å². The van der Waals surface area contributed by atoms with Gasteiger partial charge in [0.05, 0.1) is 12.0 Å². The number of hydrogen-bond acceptors (Lipinski definition) is 4. The Hall–Kier alpha value is -2.61. The highest BCUT2D eigenvalue weighted by molar-refractivity contribution is 5.89. The van der Waals surface area contributed by atoms with Crippen LogP contribution in [0.4, 0.5) is 20.6 Å². The van der Waals surface area contributed by atoms with Gasteiger partial charge in [-0.15, -0.1) is 0 Å². The first-order valence-electron chi connectivity index (χ1n) is 9.27. The van der Waals surface area contributed by atoms with Gasteiger partial charge < -0.3 is 25.0 Å². The summed E-state index contributed by atoms with van der Waals surface area (Å²) in [6.45, 7) is 6.09. The summed E-state index contributed by atoms with van der Waals surface area (Å²) in [4.78, 5) is 20.4. The minimum absolute atomic E-state index is 0.0857. The number of imidazole rings is 1. The van der Waals surface area contributed by atoms with Crippen LogP contribution < -0.4 is 15.5 Å². The van der Waals surface area contributed by atoms with Gasteiger partial charge in [-0.25, -0.2) is 14.2 Å². The average Bonchev–Trinajstić information content (AvgIpc) is 3.01. The number of anilines is 2. The van der Waals surface area contributed by atoms with Crippen molar-refractivity contribution in [3.05, 3.63) is 42.7 Å². The third-order valence-corrected chi connectivity index (χ3v) is 4.69. The molecule has 1 aliphatic rings. The fraction of sp³-hybridized carbons (Fsp3) is 0.474. The van der Waals surface area contributed by atoms with E-state index in [-0.39, 0.29) is 17.9 Å². The van der Waals surface area contributed by atoms with Crippen molar-refractivity contribution < 1.29 is 9.18 Å². The molecule has 146 valence electrons. The number of benzene rings is 1. The lowest BCUT2D eigenvalue weighted by atomic mass is 10.2. The summed E-state index contributed by atoms with van der Waals surface area (Å²) in [7, 11) is 2.08. The minimum atomic E-state index is -0.355. The molecule has 7 nitrogen and oxygen atoms in total. The number of nitrogens with one attached hydrogen (secondary N) is 2. The highest BCUT2D eigenvalue weighted by Gasteiger charge is 2.16. The molecule has 1 aromatic heterocycles. The van der Waals surface area contributed by atoms with Crippen LogP contribution in [0.5, 0.6) is 0 Å². The van der Waals surface area contributed by atoms with Crippen molar-refractivity contribution in [2.24, 2.45) is 0 Å². The number of carbonyl (C=O) groups is 1. The molecule has 1 saturated heterocycles. The molecule has 3 rings (SSSR count). The molecule has 1 fully saturated rings. The molecule has 0 spiro atoms. The van der Waals surface area contributed by atoms with Crippen molar-refractivity contribution in [3.8, 4) is 0 Å². The van der Waals surface area contributed by atoms with E-state index in [2.05, 4.69) is 32.5 Å². The van der Waals surface area contributed by atoms with Crippen LogP contribution in [0.1, 0.15) is 13.3 Å². The molecule has 0 unspecified atom stereocenters. The Morgan fingerprint density at radius 2 is 2.15 bits per heavy atom. The Labute approximate surface area is 159 Å². The second-order valence-corrected chi connectivity index (χ2v) is 7.07. The average molecular weight is 374 g/mol. The van der Waals surface area contributed by atoms with Crippen LogP contribution in [0.25, 0.3) is 0 Å². The van der Waals surface area contributed by atoms with Gasteiger partial charge in [0, 0.05) is 50.3 Å².